The summed E-state index contributed by atoms with van der Waals surface area (Å²) < 4.78 is 5.92. The van der Waals surface area contributed by atoms with Gasteiger partial charge in [-0.3, -0.25) is 4.57 Å². The van der Waals surface area contributed by atoms with E-state index in [2.05, 4.69) is 130 Å². The van der Waals surface area contributed by atoms with Gasteiger partial charge in [-0.05, 0) is 91.0 Å². The molecule has 0 fully saturated rings. The first-order valence-corrected chi connectivity index (χ1v) is 11.5. The zero-order chi connectivity index (χ0) is 21.1. The molecule has 0 unspecified atom stereocenters. The largest absolute Gasteiger partial charge is 0.360 e. The van der Waals surface area contributed by atoms with Crippen molar-refractivity contribution in [3.8, 4) is 17.1 Å². The number of aryl methyl sites for hydroxylation is 1. The summed E-state index contributed by atoms with van der Waals surface area (Å²) in [5.41, 5.74) is 9.33. The van der Waals surface area contributed by atoms with Crippen molar-refractivity contribution in [3.63, 3.8) is 0 Å². The molecular formula is C26H21IN4. The average Bonchev–Trinajstić information content (AvgIpc) is 3.32. The first-order valence-electron chi connectivity index (χ1n) is 10.4. The number of imidazole rings is 1. The maximum atomic E-state index is 5.01. The van der Waals surface area contributed by atoms with Crippen LogP contribution >= 0.6 is 22.6 Å². The number of rotatable bonds is 2. The van der Waals surface area contributed by atoms with E-state index in [0.29, 0.717) is 0 Å². The molecule has 0 bridgehead atoms. The van der Waals surface area contributed by atoms with Gasteiger partial charge in [0.15, 0.2) is 0 Å². The Labute approximate surface area is 194 Å². The highest BCUT2D eigenvalue weighted by Crippen LogP contribution is 2.41. The molecule has 0 saturated carbocycles. The van der Waals surface area contributed by atoms with Gasteiger partial charge in [0.25, 0.3) is 0 Å². The lowest BCUT2D eigenvalue weighted by Gasteiger charge is -2.30. The minimum Gasteiger partial charge on any atom is -0.360 e. The Morgan fingerprint density at radius 1 is 0.903 bits per heavy atom. The number of para-hydroxylation sites is 3. The van der Waals surface area contributed by atoms with Crippen molar-refractivity contribution in [1.82, 2.24) is 14.1 Å². The second-order valence-electron chi connectivity index (χ2n) is 8.02. The van der Waals surface area contributed by atoms with Gasteiger partial charge in [0.2, 0.25) is 0 Å². The number of benzene rings is 3. The number of hydrogen-bond acceptors (Lipinski definition) is 2. The van der Waals surface area contributed by atoms with Crippen LogP contribution in [0.1, 0.15) is 23.1 Å². The fraction of sp³-hybridized carbons (Fsp3) is 0.115. The number of anilines is 1. The van der Waals surface area contributed by atoms with Gasteiger partial charge in [-0.15, -0.1) is 0 Å². The van der Waals surface area contributed by atoms with Gasteiger partial charge in [-0.25, -0.2) is 4.98 Å². The molecule has 5 aromatic rings. The third kappa shape index (κ3) is 2.83. The van der Waals surface area contributed by atoms with E-state index in [1.165, 1.54) is 26.2 Å². The van der Waals surface area contributed by atoms with Crippen molar-refractivity contribution >= 4 is 39.3 Å². The molecule has 2 aromatic heterocycles. The van der Waals surface area contributed by atoms with Gasteiger partial charge in [0.05, 0.1) is 11.0 Å². The number of nitrogens with zero attached hydrogens (tertiary/aromatic N) is 3. The van der Waals surface area contributed by atoms with Crippen LogP contribution in [0.4, 0.5) is 5.69 Å². The van der Waals surface area contributed by atoms with Crippen molar-refractivity contribution in [2.45, 2.75) is 20.0 Å². The predicted octanol–water partition coefficient (Wildman–Crippen LogP) is 6.69. The smallest absolute Gasteiger partial charge is 0.145 e. The maximum Gasteiger partial charge on any atom is 0.145 e. The van der Waals surface area contributed by atoms with E-state index in [0.717, 1.165) is 28.1 Å². The molecule has 5 heteroatoms. The molecule has 1 N–H and O–H groups in total. The minimum atomic E-state index is -0.0268. The Hall–Kier alpha value is -3.06. The molecule has 1 aliphatic rings. The zero-order valence-corrected chi connectivity index (χ0v) is 19.5. The molecule has 1 atom stereocenters. The second-order valence-corrected chi connectivity index (χ2v) is 9.27. The van der Waals surface area contributed by atoms with Crippen LogP contribution in [-0.2, 0) is 0 Å². The van der Waals surface area contributed by atoms with Crippen molar-refractivity contribution < 1.29 is 0 Å². The molecule has 0 amide bonds. The Bertz CT molecular complexity index is 1440. The van der Waals surface area contributed by atoms with Crippen LogP contribution < -0.4 is 5.32 Å². The monoisotopic (exact) mass is 516 g/mol. The molecular weight excluding hydrogens is 495 g/mol. The number of halogens is 1. The maximum absolute atomic E-state index is 5.01. The van der Waals surface area contributed by atoms with E-state index < -0.39 is 0 Å². The summed E-state index contributed by atoms with van der Waals surface area (Å²) >= 11 is 2.35. The van der Waals surface area contributed by atoms with Gasteiger partial charge in [0, 0.05) is 37.5 Å². The first-order chi connectivity index (χ1) is 15.1. The molecule has 1 aliphatic heterocycles. The van der Waals surface area contributed by atoms with E-state index in [4.69, 9.17) is 4.98 Å². The summed E-state index contributed by atoms with van der Waals surface area (Å²) in [5, 5.41) is 3.80. The van der Waals surface area contributed by atoms with E-state index >= 15 is 0 Å². The second kappa shape index (κ2) is 6.99. The highest BCUT2D eigenvalue weighted by atomic mass is 127. The van der Waals surface area contributed by atoms with Crippen LogP contribution in [-0.4, -0.2) is 14.1 Å². The Balaban J connectivity index is 1.59. The standard InChI is InChI=1S/C26H21IN4/c1-16-15-21(17(2)30(16)19-13-11-18(27)12-14-19)26-28-22-8-4-3-7-20(22)25-29-23-9-5-6-10-24(23)31(25)26/h3-15,26,28H,1-2H3/t26-/m0/s1. The van der Waals surface area contributed by atoms with Crippen LogP contribution in [0.3, 0.4) is 0 Å². The fourth-order valence-corrected chi connectivity index (χ4v) is 5.14. The minimum absolute atomic E-state index is 0.0268. The average molecular weight is 516 g/mol. The van der Waals surface area contributed by atoms with Crippen molar-refractivity contribution in [1.29, 1.82) is 0 Å². The summed E-state index contributed by atoms with van der Waals surface area (Å²) in [6.07, 6.45) is -0.0268. The van der Waals surface area contributed by atoms with Crippen LogP contribution in [0.25, 0.3) is 28.1 Å². The lowest BCUT2D eigenvalue weighted by atomic mass is 10.1. The Morgan fingerprint density at radius 3 is 2.48 bits per heavy atom. The summed E-state index contributed by atoms with van der Waals surface area (Å²) in [7, 11) is 0. The summed E-state index contributed by atoms with van der Waals surface area (Å²) in [6, 6.07) is 27.8. The molecule has 6 rings (SSSR count). The molecule has 0 saturated heterocycles. The van der Waals surface area contributed by atoms with Crippen LogP contribution in [0.15, 0.2) is 78.9 Å². The number of aromatic nitrogens is 3. The molecule has 0 aliphatic carbocycles. The fourth-order valence-electron chi connectivity index (χ4n) is 4.78. The summed E-state index contributed by atoms with van der Waals surface area (Å²) in [6.45, 7) is 4.39. The number of hydrogen-bond donors (Lipinski definition) is 1. The summed E-state index contributed by atoms with van der Waals surface area (Å²) in [5.74, 6) is 1.01. The first kappa shape index (κ1) is 18.7. The van der Waals surface area contributed by atoms with Crippen molar-refractivity contribution in [3.05, 3.63) is 99.4 Å². The highest BCUT2D eigenvalue weighted by molar-refractivity contribution is 14.1. The van der Waals surface area contributed by atoms with Gasteiger partial charge < -0.3 is 9.88 Å². The molecule has 0 radical (unpaired) electrons. The Morgan fingerprint density at radius 2 is 1.65 bits per heavy atom. The summed E-state index contributed by atoms with van der Waals surface area (Å²) in [4.78, 5) is 5.01. The van der Waals surface area contributed by atoms with E-state index in [-0.39, 0.29) is 6.17 Å². The van der Waals surface area contributed by atoms with E-state index in [1.807, 2.05) is 0 Å². The lowest BCUT2D eigenvalue weighted by Crippen LogP contribution is -2.25. The van der Waals surface area contributed by atoms with Crippen LogP contribution in [0.2, 0.25) is 0 Å². The van der Waals surface area contributed by atoms with E-state index in [9.17, 15) is 0 Å². The van der Waals surface area contributed by atoms with Gasteiger partial charge >= 0.3 is 0 Å². The van der Waals surface area contributed by atoms with Gasteiger partial charge in [0.1, 0.15) is 12.0 Å². The zero-order valence-electron chi connectivity index (χ0n) is 17.3. The van der Waals surface area contributed by atoms with Gasteiger partial charge in [-0.1, -0.05) is 24.3 Å². The van der Waals surface area contributed by atoms with Crippen LogP contribution in [0, 0.1) is 17.4 Å². The molecule has 4 nitrogen and oxygen atoms in total. The molecule has 31 heavy (non-hydrogen) atoms. The van der Waals surface area contributed by atoms with Crippen molar-refractivity contribution in [2.24, 2.45) is 0 Å². The third-order valence-corrected chi connectivity index (χ3v) is 6.88. The topological polar surface area (TPSA) is 34.8 Å². The van der Waals surface area contributed by atoms with Gasteiger partial charge in [-0.2, -0.15) is 0 Å². The number of nitrogens with one attached hydrogen (secondary N) is 1. The third-order valence-electron chi connectivity index (χ3n) is 6.16. The molecule has 152 valence electrons. The molecule has 3 aromatic carbocycles. The number of fused-ring (bicyclic) bond motifs is 5. The van der Waals surface area contributed by atoms with Crippen LogP contribution in [0.5, 0.6) is 0 Å². The molecule has 0 spiro atoms. The lowest BCUT2D eigenvalue weighted by molar-refractivity contribution is 0.663. The Kier molecular flexibility index (Phi) is 4.21. The van der Waals surface area contributed by atoms with Crippen molar-refractivity contribution in [2.75, 3.05) is 5.32 Å². The molecule has 3 heterocycles. The van der Waals surface area contributed by atoms with E-state index in [1.54, 1.807) is 0 Å². The SMILES string of the molecule is Cc1cc([C@H]2Nc3ccccc3-c3nc4ccccc4n32)c(C)n1-c1ccc(I)cc1. The highest BCUT2D eigenvalue weighted by Gasteiger charge is 2.30. The normalized spacial score (nSPS) is 14.9. The predicted molar refractivity (Wildman–Crippen MR) is 135 cm³/mol. The quantitative estimate of drug-likeness (QED) is 0.266.